The van der Waals surface area contributed by atoms with Gasteiger partial charge in [-0.15, -0.1) is 0 Å². The molecule has 0 heterocycles. The molecule has 0 atom stereocenters. The second-order valence-corrected chi connectivity index (χ2v) is 7.22. The van der Waals surface area contributed by atoms with Crippen LogP contribution in [0.15, 0.2) is 24.3 Å². The summed E-state index contributed by atoms with van der Waals surface area (Å²) in [5.41, 5.74) is 0.822. The fourth-order valence-electron chi connectivity index (χ4n) is 2.00. The van der Waals surface area contributed by atoms with Gasteiger partial charge in [-0.05, 0) is 33.8 Å². The van der Waals surface area contributed by atoms with E-state index in [1.165, 1.54) is 0 Å². The Morgan fingerprint density at radius 3 is 2.11 bits per heavy atom. The third kappa shape index (κ3) is 3.19. The van der Waals surface area contributed by atoms with Crippen LogP contribution in [0.2, 0.25) is 0 Å². The lowest BCUT2D eigenvalue weighted by molar-refractivity contribution is 0.200. The normalized spacial score (nSPS) is 12.5. The van der Waals surface area contributed by atoms with Gasteiger partial charge in [0.25, 0.3) is 0 Å². The van der Waals surface area contributed by atoms with Gasteiger partial charge >= 0.3 is 7.60 Å². The first-order chi connectivity index (χ1) is 8.93. The summed E-state index contributed by atoms with van der Waals surface area (Å²) in [6, 6.07) is 7.51. The van der Waals surface area contributed by atoms with E-state index in [0.29, 0.717) is 19.0 Å². The van der Waals surface area contributed by atoms with Gasteiger partial charge < -0.3 is 13.8 Å². The van der Waals surface area contributed by atoms with Crippen molar-refractivity contribution in [3.8, 4) is 5.75 Å². The molecule has 5 heteroatoms. The zero-order valence-electron chi connectivity index (χ0n) is 12.3. The molecule has 0 unspecified atom stereocenters. The molecule has 0 fully saturated rings. The molecule has 19 heavy (non-hydrogen) atoms. The minimum atomic E-state index is -3.26. The SMILES string of the molecule is CCOP(=O)(OCC)C(C)(C)c1ccccc1OC. The molecule has 0 aromatic heterocycles. The average molecular weight is 286 g/mol. The maximum absolute atomic E-state index is 13.0. The van der Waals surface area contributed by atoms with Crippen LogP contribution < -0.4 is 4.74 Å². The Labute approximate surface area is 115 Å². The summed E-state index contributed by atoms with van der Waals surface area (Å²) in [4.78, 5) is 0. The van der Waals surface area contributed by atoms with E-state index >= 15 is 0 Å². The van der Waals surface area contributed by atoms with Crippen molar-refractivity contribution in [2.45, 2.75) is 32.9 Å². The van der Waals surface area contributed by atoms with Crippen LogP contribution in [-0.2, 0) is 18.8 Å². The van der Waals surface area contributed by atoms with Gasteiger partial charge in [-0.3, -0.25) is 4.57 Å². The summed E-state index contributed by atoms with van der Waals surface area (Å²) >= 11 is 0. The molecular weight excluding hydrogens is 263 g/mol. The van der Waals surface area contributed by atoms with E-state index in [1.54, 1.807) is 7.11 Å². The molecule has 0 amide bonds. The molecule has 0 bridgehead atoms. The second-order valence-electron chi connectivity index (χ2n) is 4.59. The molecule has 1 aromatic carbocycles. The molecule has 0 aliphatic carbocycles. The van der Waals surface area contributed by atoms with Crippen molar-refractivity contribution in [3.63, 3.8) is 0 Å². The number of hydrogen-bond donors (Lipinski definition) is 0. The van der Waals surface area contributed by atoms with Crippen molar-refractivity contribution >= 4 is 7.60 Å². The first-order valence-electron chi connectivity index (χ1n) is 6.45. The lowest BCUT2D eigenvalue weighted by Crippen LogP contribution is -2.22. The largest absolute Gasteiger partial charge is 0.496 e. The van der Waals surface area contributed by atoms with Crippen molar-refractivity contribution in [2.24, 2.45) is 0 Å². The van der Waals surface area contributed by atoms with E-state index < -0.39 is 12.8 Å². The summed E-state index contributed by atoms with van der Waals surface area (Å²) in [6.07, 6.45) is 0. The summed E-state index contributed by atoms with van der Waals surface area (Å²) < 4.78 is 29.3. The number of para-hydroxylation sites is 1. The third-order valence-electron chi connectivity index (χ3n) is 3.05. The molecule has 0 aliphatic heterocycles. The van der Waals surface area contributed by atoms with E-state index in [9.17, 15) is 4.57 Å². The van der Waals surface area contributed by atoms with Crippen molar-refractivity contribution in [2.75, 3.05) is 20.3 Å². The summed E-state index contributed by atoms with van der Waals surface area (Å²) in [6.45, 7) is 8.02. The van der Waals surface area contributed by atoms with Gasteiger partial charge in [0.1, 0.15) is 5.75 Å². The molecule has 1 rings (SSSR count). The zero-order chi connectivity index (χ0) is 14.5. The molecule has 0 aliphatic rings. The van der Waals surface area contributed by atoms with Crippen LogP contribution in [-0.4, -0.2) is 20.3 Å². The minimum Gasteiger partial charge on any atom is -0.496 e. The molecule has 108 valence electrons. The molecular formula is C14H23O4P. The predicted octanol–water partition coefficient (Wildman–Crippen LogP) is 4.20. The van der Waals surface area contributed by atoms with Crippen molar-refractivity contribution in [1.82, 2.24) is 0 Å². The van der Waals surface area contributed by atoms with Crippen molar-refractivity contribution in [3.05, 3.63) is 29.8 Å². The maximum Gasteiger partial charge on any atom is 0.340 e. The maximum atomic E-state index is 13.0. The number of rotatable bonds is 7. The molecule has 0 spiro atoms. The zero-order valence-corrected chi connectivity index (χ0v) is 13.2. The fraction of sp³-hybridized carbons (Fsp3) is 0.571. The quantitative estimate of drug-likeness (QED) is 0.705. The first-order valence-corrected chi connectivity index (χ1v) is 8.00. The number of benzene rings is 1. The van der Waals surface area contributed by atoms with Gasteiger partial charge in [0.2, 0.25) is 0 Å². The van der Waals surface area contributed by atoms with Gasteiger partial charge in [0, 0.05) is 5.56 Å². The Morgan fingerprint density at radius 1 is 1.11 bits per heavy atom. The van der Waals surface area contributed by atoms with Crippen LogP contribution in [0.4, 0.5) is 0 Å². The Bertz CT molecular complexity index is 447. The Balaban J connectivity index is 3.30. The van der Waals surface area contributed by atoms with E-state index in [4.69, 9.17) is 13.8 Å². The second kappa shape index (κ2) is 6.56. The van der Waals surface area contributed by atoms with Crippen molar-refractivity contribution in [1.29, 1.82) is 0 Å². The average Bonchev–Trinajstić information content (AvgIpc) is 2.39. The van der Waals surface area contributed by atoms with Gasteiger partial charge in [-0.2, -0.15) is 0 Å². The lowest BCUT2D eigenvalue weighted by Gasteiger charge is -2.33. The topological polar surface area (TPSA) is 44.8 Å². The molecule has 0 N–H and O–H groups in total. The van der Waals surface area contributed by atoms with Gasteiger partial charge in [0.05, 0.1) is 25.5 Å². The molecule has 1 aromatic rings. The highest BCUT2D eigenvalue weighted by molar-refractivity contribution is 7.55. The highest BCUT2D eigenvalue weighted by atomic mass is 31.2. The number of methoxy groups -OCH3 is 1. The summed E-state index contributed by atoms with van der Waals surface area (Å²) in [5, 5.41) is -0.772. The van der Waals surface area contributed by atoms with E-state index in [2.05, 4.69) is 0 Å². The summed E-state index contributed by atoms with van der Waals surface area (Å²) in [7, 11) is -1.67. The van der Waals surface area contributed by atoms with Gasteiger partial charge in [-0.1, -0.05) is 18.2 Å². The van der Waals surface area contributed by atoms with Gasteiger partial charge in [0.15, 0.2) is 0 Å². The van der Waals surface area contributed by atoms with Crippen LogP contribution in [0.5, 0.6) is 5.75 Å². The van der Waals surface area contributed by atoms with E-state index in [-0.39, 0.29) is 0 Å². The highest BCUT2D eigenvalue weighted by Crippen LogP contribution is 2.65. The highest BCUT2D eigenvalue weighted by Gasteiger charge is 2.46. The van der Waals surface area contributed by atoms with Crippen molar-refractivity contribution < 1.29 is 18.3 Å². The van der Waals surface area contributed by atoms with E-state index in [1.807, 2.05) is 52.0 Å². The smallest absolute Gasteiger partial charge is 0.340 e. The van der Waals surface area contributed by atoms with Crippen LogP contribution in [0.1, 0.15) is 33.3 Å². The molecule has 0 radical (unpaired) electrons. The Morgan fingerprint density at radius 2 is 1.63 bits per heavy atom. The Hall–Kier alpha value is -0.830. The predicted molar refractivity (Wildman–Crippen MR) is 76.9 cm³/mol. The minimum absolute atomic E-state index is 0.343. The number of hydrogen-bond acceptors (Lipinski definition) is 4. The van der Waals surface area contributed by atoms with Crippen LogP contribution in [0.25, 0.3) is 0 Å². The van der Waals surface area contributed by atoms with E-state index in [0.717, 1.165) is 5.56 Å². The van der Waals surface area contributed by atoms with Gasteiger partial charge in [-0.25, -0.2) is 0 Å². The molecule has 0 saturated carbocycles. The van der Waals surface area contributed by atoms with Crippen LogP contribution in [0, 0.1) is 0 Å². The van der Waals surface area contributed by atoms with Crippen LogP contribution in [0.3, 0.4) is 0 Å². The molecule has 4 nitrogen and oxygen atoms in total. The standard InChI is InChI=1S/C14H23O4P/c1-6-17-19(15,18-7-2)14(3,4)12-10-8-9-11-13(12)16-5/h8-11H,6-7H2,1-5H3. The summed E-state index contributed by atoms with van der Waals surface area (Å²) in [5.74, 6) is 0.687. The lowest BCUT2D eigenvalue weighted by atomic mass is 10.0. The number of ether oxygens (including phenoxy) is 1. The third-order valence-corrected chi connectivity index (χ3v) is 5.86. The Kier molecular flexibility index (Phi) is 5.60. The fourth-order valence-corrected chi connectivity index (χ4v) is 3.88. The molecule has 0 saturated heterocycles. The monoisotopic (exact) mass is 286 g/mol. The van der Waals surface area contributed by atoms with Crippen LogP contribution >= 0.6 is 7.60 Å². The first kappa shape index (κ1) is 16.2.